The van der Waals surface area contributed by atoms with Crippen molar-refractivity contribution in [1.82, 2.24) is 19.8 Å². The minimum absolute atomic E-state index is 0.0991. The van der Waals surface area contributed by atoms with Crippen LogP contribution >= 0.6 is 0 Å². The highest BCUT2D eigenvalue weighted by Crippen LogP contribution is 2.28. The predicted octanol–water partition coefficient (Wildman–Crippen LogP) is 1.83. The van der Waals surface area contributed by atoms with E-state index < -0.39 is 0 Å². The fraction of sp³-hybridized carbons (Fsp3) is 0.455. The number of benzene rings is 1. The third-order valence-electron chi connectivity index (χ3n) is 5.67. The number of aromatic nitrogens is 2. The van der Waals surface area contributed by atoms with Crippen LogP contribution in [0.2, 0.25) is 0 Å². The van der Waals surface area contributed by atoms with Gasteiger partial charge in [-0.25, -0.2) is 4.98 Å². The van der Waals surface area contributed by atoms with Gasteiger partial charge in [0.05, 0.1) is 13.3 Å². The lowest BCUT2D eigenvalue weighted by Gasteiger charge is -2.36. The summed E-state index contributed by atoms with van der Waals surface area (Å²) in [6, 6.07) is 8.21. The van der Waals surface area contributed by atoms with Crippen molar-refractivity contribution in [3.8, 4) is 5.75 Å². The lowest BCUT2D eigenvalue weighted by atomic mass is 10.2. The second-order valence-electron chi connectivity index (χ2n) is 7.64. The van der Waals surface area contributed by atoms with Gasteiger partial charge in [0.15, 0.2) is 0 Å². The molecule has 4 rings (SSSR count). The van der Waals surface area contributed by atoms with Gasteiger partial charge in [-0.1, -0.05) is 0 Å². The molecule has 8 nitrogen and oxygen atoms in total. The Bertz CT molecular complexity index is 862. The summed E-state index contributed by atoms with van der Waals surface area (Å²) < 4.78 is 5.21. The highest BCUT2D eigenvalue weighted by atomic mass is 16.5. The van der Waals surface area contributed by atoms with E-state index >= 15 is 0 Å². The van der Waals surface area contributed by atoms with Crippen LogP contribution in [0.5, 0.6) is 5.75 Å². The molecular weight excluding hydrogens is 382 g/mol. The molecule has 2 aliphatic rings. The Morgan fingerprint density at radius 2 is 1.83 bits per heavy atom. The lowest BCUT2D eigenvalue weighted by Crippen LogP contribution is -2.49. The molecule has 30 heavy (non-hydrogen) atoms. The molecule has 0 N–H and O–H groups in total. The lowest BCUT2D eigenvalue weighted by molar-refractivity contribution is -0.131. The first-order chi connectivity index (χ1) is 14.7. The quantitative estimate of drug-likeness (QED) is 0.694. The fourth-order valence-corrected chi connectivity index (χ4v) is 3.77. The molecule has 8 heteroatoms. The van der Waals surface area contributed by atoms with Crippen LogP contribution in [0.3, 0.4) is 0 Å². The van der Waals surface area contributed by atoms with Crippen molar-refractivity contribution in [3.63, 3.8) is 0 Å². The van der Waals surface area contributed by atoms with E-state index in [1.807, 2.05) is 29.2 Å². The third kappa shape index (κ3) is 4.69. The van der Waals surface area contributed by atoms with E-state index in [-0.39, 0.29) is 17.9 Å². The monoisotopic (exact) mass is 409 g/mol. The molecule has 158 valence electrons. The van der Waals surface area contributed by atoms with Gasteiger partial charge in [-0.2, -0.15) is 0 Å². The van der Waals surface area contributed by atoms with E-state index in [9.17, 15) is 9.59 Å². The number of piperazine rings is 1. The van der Waals surface area contributed by atoms with E-state index in [2.05, 4.69) is 14.9 Å². The number of amides is 2. The Hall–Kier alpha value is -3.16. The molecule has 1 saturated carbocycles. The predicted molar refractivity (Wildman–Crippen MR) is 112 cm³/mol. The zero-order valence-corrected chi connectivity index (χ0v) is 17.2. The Balaban J connectivity index is 1.28. The molecule has 1 saturated heterocycles. The first kappa shape index (κ1) is 20.1. The van der Waals surface area contributed by atoms with Crippen LogP contribution in [0.4, 0.5) is 5.69 Å². The van der Waals surface area contributed by atoms with Crippen LogP contribution in [-0.2, 0) is 4.79 Å². The largest absolute Gasteiger partial charge is 0.497 e. The summed E-state index contributed by atoms with van der Waals surface area (Å²) in [7, 11) is 1.66. The molecule has 0 spiro atoms. The maximum absolute atomic E-state index is 12.8. The van der Waals surface area contributed by atoms with Crippen molar-refractivity contribution in [2.45, 2.75) is 25.3 Å². The number of nitrogens with zero attached hydrogens (tertiary/aromatic N) is 5. The molecule has 1 aromatic heterocycles. The van der Waals surface area contributed by atoms with Crippen LogP contribution in [-0.4, -0.2) is 77.5 Å². The zero-order valence-electron chi connectivity index (χ0n) is 17.2. The van der Waals surface area contributed by atoms with Crippen molar-refractivity contribution in [2.24, 2.45) is 0 Å². The Morgan fingerprint density at radius 3 is 2.43 bits per heavy atom. The van der Waals surface area contributed by atoms with Crippen molar-refractivity contribution >= 4 is 17.5 Å². The van der Waals surface area contributed by atoms with Crippen molar-refractivity contribution in [2.75, 3.05) is 44.7 Å². The van der Waals surface area contributed by atoms with E-state index in [1.54, 1.807) is 18.2 Å². The van der Waals surface area contributed by atoms with Crippen LogP contribution in [0, 0.1) is 0 Å². The second-order valence-corrected chi connectivity index (χ2v) is 7.64. The highest BCUT2D eigenvalue weighted by molar-refractivity contribution is 5.92. The van der Waals surface area contributed by atoms with E-state index in [1.165, 1.54) is 12.4 Å². The molecule has 2 fully saturated rings. The second kappa shape index (κ2) is 9.11. The first-order valence-corrected chi connectivity index (χ1v) is 10.4. The number of hydrogen-bond acceptors (Lipinski definition) is 6. The molecule has 0 atom stereocenters. The Kier molecular flexibility index (Phi) is 6.11. The maximum atomic E-state index is 12.8. The molecule has 1 aromatic carbocycles. The van der Waals surface area contributed by atoms with E-state index in [0.717, 1.165) is 37.4 Å². The van der Waals surface area contributed by atoms with Gasteiger partial charge in [-0.05, 0) is 37.1 Å². The van der Waals surface area contributed by atoms with Crippen molar-refractivity contribution in [3.05, 3.63) is 48.5 Å². The van der Waals surface area contributed by atoms with Gasteiger partial charge in [0.25, 0.3) is 5.91 Å². The fourth-order valence-electron chi connectivity index (χ4n) is 3.77. The normalized spacial score (nSPS) is 16.3. The highest BCUT2D eigenvalue weighted by Gasteiger charge is 2.34. The van der Waals surface area contributed by atoms with Gasteiger partial charge in [0.2, 0.25) is 5.91 Å². The summed E-state index contributed by atoms with van der Waals surface area (Å²) in [5.41, 5.74) is 1.47. The van der Waals surface area contributed by atoms with Crippen LogP contribution < -0.4 is 9.64 Å². The summed E-state index contributed by atoms with van der Waals surface area (Å²) in [5.74, 6) is 0.800. The minimum Gasteiger partial charge on any atom is -0.497 e. The summed E-state index contributed by atoms with van der Waals surface area (Å²) in [5, 5.41) is 0. The van der Waals surface area contributed by atoms with Gasteiger partial charge in [-0.3, -0.25) is 14.6 Å². The molecule has 0 unspecified atom stereocenters. The number of rotatable bonds is 7. The number of carbonyl (C=O) groups excluding carboxylic acids is 2. The number of carbonyl (C=O) groups is 2. The Morgan fingerprint density at radius 1 is 1.10 bits per heavy atom. The minimum atomic E-state index is -0.136. The van der Waals surface area contributed by atoms with E-state index in [0.29, 0.717) is 31.7 Å². The van der Waals surface area contributed by atoms with Gasteiger partial charge in [-0.15, -0.1) is 0 Å². The molecule has 1 aliphatic carbocycles. The van der Waals surface area contributed by atoms with Gasteiger partial charge in [0.1, 0.15) is 11.4 Å². The van der Waals surface area contributed by atoms with Crippen LogP contribution in [0.1, 0.15) is 29.8 Å². The van der Waals surface area contributed by atoms with E-state index in [4.69, 9.17) is 4.74 Å². The number of methoxy groups -OCH3 is 1. The summed E-state index contributed by atoms with van der Waals surface area (Å²) >= 11 is 0. The topological polar surface area (TPSA) is 78.9 Å². The smallest absolute Gasteiger partial charge is 0.274 e. The number of hydrogen-bond donors (Lipinski definition) is 0. The summed E-state index contributed by atoms with van der Waals surface area (Å²) in [6.07, 6.45) is 6.86. The number of anilines is 1. The first-order valence-electron chi connectivity index (χ1n) is 10.4. The Labute approximate surface area is 176 Å². The molecule has 2 heterocycles. The van der Waals surface area contributed by atoms with Gasteiger partial charge >= 0.3 is 0 Å². The molecule has 1 aliphatic heterocycles. The van der Waals surface area contributed by atoms with Crippen molar-refractivity contribution < 1.29 is 14.3 Å². The third-order valence-corrected chi connectivity index (χ3v) is 5.67. The average Bonchev–Trinajstić information content (AvgIpc) is 3.65. The van der Waals surface area contributed by atoms with Crippen LogP contribution in [0.25, 0.3) is 0 Å². The zero-order chi connectivity index (χ0) is 20.9. The van der Waals surface area contributed by atoms with Gasteiger partial charge in [0, 0.05) is 63.3 Å². The molecular formula is C22H27N5O3. The molecule has 2 amide bonds. The maximum Gasteiger partial charge on any atom is 0.274 e. The van der Waals surface area contributed by atoms with Crippen molar-refractivity contribution in [1.29, 1.82) is 0 Å². The molecule has 0 radical (unpaired) electrons. The summed E-state index contributed by atoms with van der Waals surface area (Å²) in [4.78, 5) is 39.6. The summed E-state index contributed by atoms with van der Waals surface area (Å²) in [6.45, 7) is 3.39. The molecule has 0 bridgehead atoms. The standard InChI is InChI=1S/C22H27N5O3/c1-30-19-6-4-17(5-7-19)25-12-14-26(15-13-25)21(28)8-11-27(18-2-3-18)22(29)20-16-23-9-10-24-20/h4-7,9-10,16,18H,2-3,8,11-15H2,1H3. The van der Waals surface area contributed by atoms with Crippen LogP contribution in [0.15, 0.2) is 42.9 Å². The number of ether oxygens (including phenoxy) is 1. The van der Waals surface area contributed by atoms with Gasteiger partial charge < -0.3 is 19.4 Å². The SMILES string of the molecule is COc1ccc(N2CCN(C(=O)CCN(C(=O)c3cnccn3)C3CC3)CC2)cc1. The average molecular weight is 409 g/mol. The molecule has 2 aromatic rings.